The average molecular weight is 211 g/mol. The van der Waals surface area contributed by atoms with Crippen molar-refractivity contribution in [2.24, 2.45) is 0 Å². The van der Waals surface area contributed by atoms with Gasteiger partial charge in [0, 0.05) is 23.5 Å². The zero-order chi connectivity index (χ0) is 11.5. The summed E-state index contributed by atoms with van der Waals surface area (Å²) >= 11 is 0. The first-order valence-corrected chi connectivity index (χ1v) is 5.20. The minimum atomic E-state index is 0.0857. The van der Waals surface area contributed by atoms with Crippen molar-refractivity contribution in [2.75, 3.05) is 0 Å². The summed E-state index contributed by atoms with van der Waals surface area (Å²) in [6.07, 6.45) is 3.50. The molecule has 0 saturated carbocycles. The number of carbonyl (C=O) groups excluding carboxylic acids is 1. The van der Waals surface area contributed by atoms with Crippen LogP contribution in [0.5, 0.6) is 0 Å². The fourth-order valence-corrected chi connectivity index (χ4v) is 1.72. The lowest BCUT2D eigenvalue weighted by Gasteiger charge is -2.07. The largest absolute Gasteiger partial charge is 0.294 e. The van der Waals surface area contributed by atoms with Crippen molar-refractivity contribution in [1.29, 1.82) is 0 Å². The van der Waals surface area contributed by atoms with Crippen molar-refractivity contribution in [1.82, 2.24) is 4.98 Å². The van der Waals surface area contributed by atoms with Gasteiger partial charge in [-0.3, -0.25) is 9.78 Å². The van der Waals surface area contributed by atoms with Crippen molar-refractivity contribution >= 4 is 5.78 Å². The van der Waals surface area contributed by atoms with Gasteiger partial charge in [0.2, 0.25) is 0 Å². The van der Waals surface area contributed by atoms with Crippen molar-refractivity contribution in [2.45, 2.75) is 13.8 Å². The number of rotatable bonds is 2. The summed E-state index contributed by atoms with van der Waals surface area (Å²) in [5.74, 6) is 0.0857. The molecule has 0 aliphatic heterocycles. The van der Waals surface area contributed by atoms with E-state index in [0.717, 1.165) is 22.3 Å². The molecular weight excluding hydrogens is 198 g/mol. The highest BCUT2D eigenvalue weighted by atomic mass is 16.1. The van der Waals surface area contributed by atoms with E-state index in [0.29, 0.717) is 0 Å². The summed E-state index contributed by atoms with van der Waals surface area (Å²) in [5.41, 5.74) is 3.78. The van der Waals surface area contributed by atoms with Gasteiger partial charge in [-0.05, 0) is 31.5 Å². The number of hydrogen-bond donors (Lipinski definition) is 0. The summed E-state index contributed by atoms with van der Waals surface area (Å²) in [6.45, 7) is 3.58. The molecule has 16 heavy (non-hydrogen) atoms. The SMILES string of the molecule is CC(=O)c1cc(C)ccc1-c1cccnc1. The molecule has 1 aromatic heterocycles. The molecule has 2 rings (SSSR count). The van der Waals surface area contributed by atoms with Gasteiger partial charge in [-0.25, -0.2) is 0 Å². The summed E-state index contributed by atoms with van der Waals surface area (Å²) in [4.78, 5) is 15.6. The third-order valence-corrected chi connectivity index (χ3v) is 2.53. The molecule has 2 aromatic rings. The highest BCUT2D eigenvalue weighted by Gasteiger charge is 2.08. The van der Waals surface area contributed by atoms with Crippen molar-refractivity contribution in [3.05, 3.63) is 53.9 Å². The average Bonchev–Trinajstić information content (AvgIpc) is 2.30. The topological polar surface area (TPSA) is 30.0 Å². The molecule has 0 unspecified atom stereocenters. The molecule has 0 fully saturated rings. The number of Topliss-reactive ketones (excluding diaryl/α,β-unsaturated/α-hetero) is 1. The maximum absolute atomic E-state index is 11.6. The standard InChI is InChI=1S/C14H13NO/c1-10-5-6-13(14(8-10)11(2)16)12-4-3-7-15-9-12/h3-9H,1-2H3. The molecule has 0 atom stereocenters. The first kappa shape index (κ1) is 10.6. The van der Waals surface area contributed by atoms with Crippen LogP contribution < -0.4 is 0 Å². The number of hydrogen-bond acceptors (Lipinski definition) is 2. The Hall–Kier alpha value is -1.96. The minimum absolute atomic E-state index is 0.0857. The van der Waals surface area contributed by atoms with Crippen molar-refractivity contribution < 1.29 is 4.79 Å². The number of benzene rings is 1. The van der Waals surface area contributed by atoms with Gasteiger partial charge in [-0.2, -0.15) is 0 Å². The molecule has 1 aromatic carbocycles. The predicted octanol–water partition coefficient (Wildman–Crippen LogP) is 3.26. The van der Waals surface area contributed by atoms with Gasteiger partial charge >= 0.3 is 0 Å². The van der Waals surface area contributed by atoms with Gasteiger partial charge in [0.25, 0.3) is 0 Å². The van der Waals surface area contributed by atoms with E-state index in [2.05, 4.69) is 4.98 Å². The summed E-state index contributed by atoms with van der Waals surface area (Å²) < 4.78 is 0. The van der Waals surface area contributed by atoms with E-state index in [-0.39, 0.29) is 5.78 Å². The number of nitrogens with zero attached hydrogens (tertiary/aromatic N) is 1. The highest BCUT2D eigenvalue weighted by Crippen LogP contribution is 2.24. The van der Waals surface area contributed by atoms with Crippen LogP contribution in [0.4, 0.5) is 0 Å². The fraction of sp³-hybridized carbons (Fsp3) is 0.143. The minimum Gasteiger partial charge on any atom is -0.294 e. The number of carbonyl (C=O) groups is 1. The lowest BCUT2D eigenvalue weighted by molar-refractivity contribution is 0.101. The zero-order valence-corrected chi connectivity index (χ0v) is 9.40. The fourth-order valence-electron chi connectivity index (χ4n) is 1.72. The predicted molar refractivity (Wildman–Crippen MR) is 64.4 cm³/mol. The van der Waals surface area contributed by atoms with E-state index in [1.807, 2.05) is 37.3 Å². The van der Waals surface area contributed by atoms with Crippen LogP contribution in [0, 0.1) is 6.92 Å². The van der Waals surface area contributed by atoms with Crippen LogP contribution in [0.3, 0.4) is 0 Å². The lowest BCUT2D eigenvalue weighted by atomic mass is 9.97. The van der Waals surface area contributed by atoms with E-state index < -0.39 is 0 Å². The van der Waals surface area contributed by atoms with Crippen LogP contribution in [-0.2, 0) is 0 Å². The molecule has 0 aliphatic rings. The molecule has 80 valence electrons. The van der Waals surface area contributed by atoms with Gasteiger partial charge in [0.15, 0.2) is 5.78 Å². The summed E-state index contributed by atoms with van der Waals surface area (Å²) in [7, 11) is 0. The maximum Gasteiger partial charge on any atom is 0.160 e. The van der Waals surface area contributed by atoms with Crippen LogP contribution in [0.2, 0.25) is 0 Å². The monoisotopic (exact) mass is 211 g/mol. The highest BCUT2D eigenvalue weighted by molar-refractivity contribution is 6.00. The number of aromatic nitrogens is 1. The van der Waals surface area contributed by atoms with E-state index >= 15 is 0 Å². The molecule has 2 nitrogen and oxygen atoms in total. The second-order valence-corrected chi connectivity index (χ2v) is 3.85. The van der Waals surface area contributed by atoms with Crippen LogP contribution >= 0.6 is 0 Å². The molecule has 2 heteroatoms. The Morgan fingerprint density at radius 1 is 1.25 bits per heavy atom. The molecule has 0 amide bonds. The molecule has 1 heterocycles. The molecule has 0 aliphatic carbocycles. The Morgan fingerprint density at radius 3 is 2.69 bits per heavy atom. The van der Waals surface area contributed by atoms with Crippen molar-refractivity contribution in [3.8, 4) is 11.1 Å². The second-order valence-electron chi connectivity index (χ2n) is 3.85. The normalized spacial score (nSPS) is 10.1. The molecule has 0 spiro atoms. The molecule has 0 N–H and O–H groups in total. The molecule has 0 radical (unpaired) electrons. The van der Waals surface area contributed by atoms with Crippen LogP contribution in [-0.4, -0.2) is 10.8 Å². The van der Waals surface area contributed by atoms with Gasteiger partial charge in [-0.1, -0.05) is 23.8 Å². The second kappa shape index (κ2) is 4.27. The molecule has 0 saturated heterocycles. The molecule has 0 bridgehead atoms. The van der Waals surface area contributed by atoms with E-state index in [9.17, 15) is 4.79 Å². The van der Waals surface area contributed by atoms with Gasteiger partial charge in [0.1, 0.15) is 0 Å². The first-order valence-electron chi connectivity index (χ1n) is 5.20. The summed E-state index contributed by atoms with van der Waals surface area (Å²) in [5, 5.41) is 0. The number of aryl methyl sites for hydroxylation is 1. The van der Waals surface area contributed by atoms with Gasteiger partial charge in [0.05, 0.1) is 0 Å². The quantitative estimate of drug-likeness (QED) is 0.714. The Morgan fingerprint density at radius 2 is 2.06 bits per heavy atom. The van der Waals surface area contributed by atoms with Crippen molar-refractivity contribution in [3.63, 3.8) is 0 Å². The number of pyridine rings is 1. The van der Waals surface area contributed by atoms with Gasteiger partial charge < -0.3 is 0 Å². The van der Waals surface area contributed by atoms with E-state index in [1.165, 1.54) is 0 Å². The maximum atomic E-state index is 11.6. The Kier molecular flexibility index (Phi) is 2.82. The third kappa shape index (κ3) is 2.01. The van der Waals surface area contributed by atoms with E-state index in [4.69, 9.17) is 0 Å². The Bertz CT molecular complexity index is 518. The lowest BCUT2D eigenvalue weighted by Crippen LogP contribution is -1.97. The van der Waals surface area contributed by atoms with E-state index in [1.54, 1.807) is 19.3 Å². The first-order chi connectivity index (χ1) is 7.68. The smallest absolute Gasteiger partial charge is 0.160 e. The van der Waals surface area contributed by atoms with Gasteiger partial charge in [-0.15, -0.1) is 0 Å². The van der Waals surface area contributed by atoms with Crippen LogP contribution in [0.25, 0.3) is 11.1 Å². The zero-order valence-electron chi connectivity index (χ0n) is 9.40. The van der Waals surface area contributed by atoms with Crippen LogP contribution in [0.15, 0.2) is 42.7 Å². The Balaban J connectivity index is 2.61. The number of ketones is 1. The third-order valence-electron chi connectivity index (χ3n) is 2.53. The Labute approximate surface area is 95.0 Å². The molecular formula is C14H13NO. The summed E-state index contributed by atoms with van der Waals surface area (Å²) in [6, 6.07) is 9.74. The van der Waals surface area contributed by atoms with Crippen LogP contribution in [0.1, 0.15) is 22.8 Å².